The molecule has 0 unspecified atom stereocenters. The molecule has 0 spiro atoms. The van der Waals surface area contributed by atoms with Crippen LogP contribution in [0.3, 0.4) is 0 Å². The van der Waals surface area contributed by atoms with E-state index in [-0.39, 0.29) is 24.7 Å². The molecule has 1 atom stereocenters. The highest BCUT2D eigenvalue weighted by Crippen LogP contribution is 2.17. The molecule has 0 aliphatic heterocycles. The van der Waals surface area contributed by atoms with Crippen molar-refractivity contribution in [1.82, 2.24) is 15.1 Å². The number of halogens is 1. The number of thiophene rings is 1. The van der Waals surface area contributed by atoms with Gasteiger partial charge < -0.3 is 10.4 Å². The molecule has 0 aliphatic carbocycles. The Morgan fingerprint density at radius 1 is 1.29 bits per heavy atom. The van der Waals surface area contributed by atoms with Gasteiger partial charge in [-0.1, -0.05) is 6.07 Å². The Kier molecular flexibility index (Phi) is 5.02. The third-order valence-corrected chi connectivity index (χ3v) is 4.41. The average molecular weight is 345 g/mol. The van der Waals surface area contributed by atoms with E-state index in [1.54, 1.807) is 29.1 Å². The van der Waals surface area contributed by atoms with Crippen molar-refractivity contribution in [3.8, 4) is 5.69 Å². The van der Waals surface area contributed by atoms with Crippen LogP contribution in [0.4, 0.5) is 4.39 Å². The van der Waals surface area contributed by atoms with Crippen LogP contribution in [-0.2, 0) is 11.2 Å². The van der Waals surface area contributed by atoms with Crippen LogP contribution in [0.5, 0.6) is 0 Å². The van der Waals surface area contributed by atoms with Crippen LogP contribution < -0.4 is 5.32 Å². The molecule has 2 N–H and O–H groups in total. The summed E-state index contributed by atoms with van der Waals surface area (Å²) in [5.41, 5.74) is 1.32. The number of rotatable bonds is 6. The third-order valence-electron chi connectivity index (χ3n) is 3.44. The molecule has 2 heterocycles. The van der Waals surface area contributed by atoms with E-state index in [9.17, 15) is 14.3 Å². The standard InChI is InChI=1S/C17H16FN3O2S/c18-12-3-5-14(6-4-12)21-8-7-13(20-21)10-17(23)19-11-15(22)16-2-1-9-24-16/h1-9,15,22H,10-11H2,(H,19,23)/t15-/m0/s1. The van der Waals surface area contributed by atoms with Gasteiger partial charge in [0.1, 0.15) is 11.9 Å². The number of nitrogens with one attached hydrogen (secondary N) is 1. The van der Waals surface area contributed by atoms with Gasteiger partial charge in [0, 0.05) is 17.6 Å². The Bertz CT molecular complexity index is 800. The fourth-order valence-electron chi connectivity index (χ4n) is 2.21. The van der Waals surface area contributed by atoms with Crippen molar-refractivity contribution < 1.29 is 14.3 Å². The smallest absolute Gasteiger partial charge is 0.226 e. The second-order valence-electron chi connectivity index (χ2n) is 5.24. The van der Waals surface area contributed by atoms with Gasteiger partial charge in [0.25, 0.3) is 0 Å². The van der Waals surface area contributed by atoms with E-state index in [0.717, 1.165) is 10.6 Å². The van der Waals surface area contributed by atoms with E-state index in [0.29, 0.717) is 5.69 Å². The lowest BCUT2D eigenvalue weighted by molar-refractivity contribution is -0.120. The molecule has 0 saturated heterocycles. The number of carbonyl (C=O) groups excluding carboxylic acids is 1. The zero-order valence-corrected chi connectivity index (χ0v) is 13.5. The van der Waals surface area contributed by atoms with E-state index < -0.39 is 6.10 Å². The lowest BCUT2D eigenvalue weighted by Crippen LogP contribution is -2.29. The number of hydrogen-bond acceptors (Lipinski definition) is 4. The van der Waals surface area contributed by atoms with Gasteiger partial charge in [-0.15, -0.1) is 11.3 Å². The van der Waals surface area contributed by atoms with Gasteiger partial charge in [0.2, 0.25) is 5.91 Å². The van der Waals surface area contributed by atoms with Gasteiger partial charge in [-0.05, 0) is 41.8 Å². The lowest BCUT2D eigenvalue weighted by Gasteiger charge is -2.09. The van der Waals surface area contributed by atoms with Crippen LogP contribution in [0.25, 0.3) is 5.69 Å². The molecule has 3 aromatic rings. The van der Waals surface area contributed by atoms with Crippen molar-refractivity contribution in [3.63, 3.8) is 0 Å². The molecule has 2 aromatic heterocycles. The largest absolute Gasteiger partial charge is 0.386 e. The molecule has 3 rings (SSSR count). The summed E-state index contributed by atoms with van der Waals surface area (Å²) in [6, 6.07) is 11.4. The molecule has 1 aromatic carbocycles. The Labute approximate surface area is 142 Å². The SMILES string of the molecule is O=C(Cc1ccn(-c2ccc(F)cc2)n1)NC[C@H](O)c1cccs1. The molecular formula is C17H16FN3O2S. The minimum atomic E-state index is -0.703. The molecule has 124 valence electrons. The Morgan fingerprint density at radius 2 is 2.08 bits per heavy atom. The maximum Gasteiger partial charge on any atom is 0.226 e. The summed E-state index contributed by atoms with van der Waals surface area (Å²) < 4.78 is 14.5. The number of aliphatic hydroxyl groups is 1. The van der Waals surface area contributed by atoms with E-state index in [2.05, 4.69) is 10.4 Å². The first kappa shape index (κ1) is 16.4. The van der Waals surface area contributed by atoms with Crippen LogP contribution in [0.15, 0.2) is 54.0 Å². The highest BCUT2D eigenvalue weighted by atomic mass is 32.1. The van der Waals surface area contributed by atoms with Gasteiger partial charge in [-0.25, -0.2) is 9.07 Å². The first-order valence-electron chi connectivity index (χ1n) is 7.40. The van der Waals surface area contributed by atoms with Crippen molar-refractivity contribution >= 4 is 17.2 Å². The molecule has 5 nitrogen and oxygen atoms in total. The Hall–Kier alpha value is -2.51. The quantitative estimate of drug-likeness (QED) is 0.721. The van der Waals surface area contributed by atoms with Gasteiger partial charge in [-0.3, -0.25) is 4.79 Å². The zero-order valence-electron chi connectivity index (χ0n) is 12.7. The van der Waals surface area contributed by atoms with Gasteiger partial charge >= 0.3 is 0 Å². The molecular weight excluding hydrogens is 329 g/mol. The van der Waals surface area contributed by atoms with Gasteiger partial charge in [-0.2, -0.15) is 5.10 Å². The third kappa shape index (κ3) is 4.06. The predicted molar refractivity (Wildman–Crippen MR) is 89.5 cm³/mol. The number of amides is 1. The summed E-state index contributed by atoms with van der Waals surface area (Å²) in [4.78, 5) is 12.8. The number of aliphatic hydroxyl groups excluding tert-OH is 1. The summed E-state index contributed by atoms with van der Waals surface area (Å²) in [5.74, 6) is -0.523. The highest BCUT2D eigenvalue weighted by Gasteiger charge is 2.12. The Balaban J connectivity index is 1.54. The van der Waals surface area contributed by atoms with Crippen LogP contribution in [0.2, 0.25) is 0 Å². The van der Waals surface area contributed by atoms with Crippen molar-refractivity contribution in [3.05, 3.63) is 70.4 Å². The first-order chi connectivity index (χ1) is 11.6. The summed E-state index contributed by atoms with van der Waals surface area (Å²) in [6.07, 6.45) is 1.13. The van der Waals surface area contributed by atoms with E-state index >= 15 is 0 Å². The predicted octanol–water partition coefficient (Wildman–Crippen LogP) is 2.47. The van der Waals surface area contributed by atoms with Crippen LogP contribution in [-0.4, -0.2) is 27.3 Å². The molecule has 1 amide bonds. The van der Waals surface area contributed by atoms with Crippen LogP contribution in [0.1, 0.15) is 16.7 Å². The molecule has 0 radical (unpaired) electrons. The van der Waals surface area contributed by atoms with Crippen molar-refractivity contribution in [2.24, 2.45) is 0 Å². The lowest BCUT2D eigenvalue weighted by atomic mass is 10.2. The summed E-state index contributed by atoms with van der Waals surface area (Å²) in [6.45, 7) is 0.165. The molecule has 7 heteroatoms. The number of benzene rings is 1. The molecule has 0 fully saturated rings. The van der Waals surface area contributed by atoms with Gasteiger partial charge in [0.05, 0.1) is 17.8 Å². The molecule has 0 bridgehead atoms. The summed E-state index contributed by atoms with van der Waals surface area (Å²) in [5, 5.41) is 18.8. The van der Waals surface area contributed by atoms with Crippen molar-refractivity contribution in [2.45, 2.75) is 12.5 Å². The summed E-state index contributed by atoms with van der Waals surface area (Å²) >= 11 is 1.44. The van der Waals surface area contributed by atoms with E-state index in [1.807, 2.05) is 17.5 Å². The molecule has 0 aliphatic rings. The Morgan fingerprint density at radius 3 is 2.79 bits per heavy atom. The van der Waals surface area contributed by atoms with E-state index in [4.69, 9.17) is 0 Å². The highest BCUT2D eigenvalue weighted by molar-refractivity contribution is 7.10. The normalized spacial score (nSPS) is 12.1. The van der Waals surface area contributed by atoms with E-state index in [1.165, 1.54) is 23.5 Å². The summed E-state index contributed by atoms with van der Waals surface area (Å²) in [7, 11) is 0. The maximum atomic E-state index is 12.9. The van der Waals surface area contributed by atoms with Crippen molar-refractivity contribution in [2.75, 3.05) is 6.54 Å². The zero-order chi connectivity index (χ0) is 16.9. The minimum Gasteiger partial charge on any atom is -0.386 e. The second kappa shape index (κ2) is 7.37. The first-order valence-corrected chi connectivity index (χ1v) is 8.28. The fourth-order valence-corrected chi connectivity index (χ4v) is 2.92. The molecule has 24 heavy (non-hydrogen) atoms. The van der Waals surface area contributed by atoms with Crippen LogP contribution in [0, 0.1) is 5.82 Å². The monoisotopic (exact) mass is 345 g/mol. The van der Waals surface area contributed by atoms with Crippen molar-refractivity contribution in [1.29, 1.82) is 0 Å². The maximum absolute atomic E-state index is 12.9. The number of carbonyl (C=O) groups is 1. The average Bonchev–Trinajstić information content (AvgIpc) is 3.25. The van der Waals surface area contributed by atoms with Gasteiger partial charge in [0.15, 0.2) is 0 Å². The number of aromatic nitrogens is 2. The minimum absolute atomic E-state index is 0.116. The second-order valence-corrected chi connectivity index (χ2v) is 6.22. The molecule has 0 saturated carbocycles. The number of nitrogens with zero attached hydrogens (tertiary/aromatic N) is 2. The number of hydrogen-bond donors (Lipinski definition) is 2. The topological polar surface area (TPSA) is 67.2 Å². The van der Waals surface area contributed by atoms with Crippen LogP contribution >= 0.6 is 11.3 Å². The fraction of sp³-hybridized carbons (Fsp3) is 0.176.